The fourth-order valence-corrected chi connectivity index (χ4v) is 1.01. The molecule has 52 valence electrons. The van der Waals surface area contributed by atoms with Crippen LogP contribution in [0.25, 0.3) is 0 Å². The van der Waals surface area contributed by atoms with E-state index in [0.717, 1.165) is 11.1 Å². The van der Waals surface area contributed by atoms with E-state index in [1.54, 1.807) is 0 Å². The number of rotatable bonds is 0. The van der Waals surface area contributed by atoms with Crippen molar-refractivity contribution in [1.82, 2.24) is 0 Å². The van der Waals surface area contributed by atoms with Gasteiger partial charge in [-0.2, -0.15) is 0 Å². The Kier molecular flexibility index (Phi) is 2.22. The lowest BCUT2D eigenvalue weighted by Crippen LogP contribution is -1.80. The first-order chi connectivity index (χ1) is 4.61. The van der Waals surface area contributed by atoms with Gasteiger partial charge in [-0.15, -0.1) is 0 Å². The van der Waals surface area contributed by atoms with Gasteiger partial charge in [0.25, 0.3) is 0 Å². The van der Waals surface area contributed by atoms with Crippen LogP contribution in [0, 0.1) is 26.0 Å². The Morgan fingerprint density at radius 1 is 0.900 bits per heavy atom. The Morgan fingerprint density at radius 3 is 1.60 bits per heavy atom. The Bertz CT molecular complexity index is 203. The van der Waals surface area contributed by atoms with E-state index in [2.05, 4.69) is 12.1 Å². The highest BCUT2D eigenvalue weighted by Crippen LogP contribution is 2.22. The zero-order valence-electron chi connectivity index (χ0n) is 5.76. The number of benzene rings is 1. The summed E-state index contributed by atoms with van der Waals surface area (Å²) >= 11 is 11.4. The van der Waals surface area contributed by atoms with Crippen molar-refractivity contribution in [1.29, 1.82) is 0 Å². The van der Waals surface area contributed by atoms with Gasteiger partial charge in [0.15, 0.2) is 0 Å². The third kappa shape index (κ3) is 1.44. The first-order valence-corrected chi connectivity index (χ1v) is 3.63. The second-order valence-electron chi connectivity index (χ2n) is 2.13. The Balaban J connectivity index is 3.28. The van der Waals surface area contributed by atoms with Gasteiger partial charge in [-0.05, 0) is 31.0 Å². The standard InChI is InChI=1S/C8H6Cl2/c1-5-3-6(2)8(10)4-7(5)9/h1-2H3. The predicted molar refractivity (Wildman–Crippen MR) is 43.6 cm³/mol. The predicted octanol–water partition coefficient (Wildman–Crippen LogP) is 3.21. The number of halogens is 2. The van der Waals surface area contributed by atoms with E-state index >= 15 is 0 Å². The highest BCUT2D eigenvalue weighted by atomic mass is 35.5. The van der Waals surface area contributed by atoms with Gasteiger partial charge in [-0.25, -0.2) is 0 Å². The minimum Gasteiger partial charge on any atom is -0.0833 e. The van der Waals surface area contributed by atoms with Gasteiger partial charge in [0, 0.05) is 6.07 Å². The number of hydrogen-bond donors (Lipinski definition) is 0. The van der Waals surface area contributed by atoms with Crippen molar-refractivity contribution in [3.8, 4) is 0 Å². The molecule has 0 heterocycles. The molecule has 10 heavy (non-hydrogen) atoms. The van der Waals surface area contributed by atoms with E-state index < -0.39 is 0 Å². The molecule has 0 saturated heterocycles. The Hall–Kier alpha value is -0.200. The molecular formula is C8H6Cl2. The largest absolute Gasteiger partial charge is 0.0833 e. The SMILES string of the molecule is Cc1[c]c(C)c(Cl)[c]c1Cl. The first-order valence-electron chi connectivity index (χ1n) is 2.88. The third-order valence-corrected chi connectivity index (χ3v) is 2.01. The maximum atomic E-state index is 5.71. The van der Waals surface area contributed by atoms with Gasteiger partial charge in [0.2, 0.25) is 0 Å². The van der Waals surface area contributed by atoms with Gasteiger partial charge in [0.05, 0.1) is 10.0 Å². The average Bonchev–Trinajstić information content (AvgIpc) is 1.84. The summed E-state index contributed by atoms with van der Waals surface area (Å²) in [4.78, 5) is 0. The van der Waals surface area contributed by atoms with Crippen LogP contribution in [0.1, 0.15) is 11.1 Å². The van der Waals surface area contributed by atoms with E-state index in [9.17, 15) is 0 Å². The molecule has 0 amide bonds. The van der Waals surface area contributed by atoms with Crippen LogP contribution in [0.15, 0.2) is 0 Å². The summed E-state index contributed by atoms with van der Waals surface area (Å²) in [5, 5.41) is 1.10. The summed E-state index contributed by atoms with van der Waals surface area (Å²) < 4.78 is 0. The monoisotopic (exact) mass is 172 g/mol. The van der Waals surface area contributed by atoms with Gasteiger partial charge >= 0.3 is 0 Å². The normalized spacial score (nSPS) is 10.0. The molecule has 0 aromatic heterocycles. The first kappa shape index (κ1) is 7.90. The molecule has 0 atom stereocenters. The molecule has 0 N–H and O–H groups in total. The van der Waals surface area contributed by atoms with E-state index in [4.69, 9.17) is 23.2 Å². The fourth-order valence-electron chi connectivity index (χ4n) is 0.675. The maximum Gasteiger partial charge on any atom is 0.0536 e. The van der Waals surface area contributed by atoms with Crippen LogP contribution in [0.3, 0.4) is 0 Å². The van der Waals surface area contributed by atoms with Crippen molar-refractivity contribution in [2.24, 2.45) is 0 Å². The molecule has 0 aliphatic rings. The highest BCUT2D eigenvalue weighted by molar-refractivity contribution is 6.35. The summed E-state index contributed by atoms with van der Waals surface area (Å²) in [6.07, 6.45) is 0. The van der Waals surface area contributed by atoms with Crippen LogP contribution in [-0.4, -0.2) is 0 Å². The molecule has 0 aliphatic carbocycles. The lowest BCUT2D eigenvalue weighted by molar-refractivity contribution is 1.37. The van der Waals surface area contributed by atoms with Crippen LogP contribution in [0.5, 0.6) is 0 Å². The van der Waals surface area contributed by atoms with Gasteiger partial charge < -0.3 is 0 Å². The van der Waals surface area contributed by atoms with Gasteiger partial charge in [-0.3, -0.25) is 0 Å². The Labute approximate surface area is 70.8 Å². The molecule has 0 fully saturated rings. The summed E-state index contributed by atoms with van der Waals surface area (Å²) in [7, 11) is 0. The van der Waals surface area contributed by atoms with Crippen LogP contribution in [-0.2, 0) is 0 Å². The van der Waals surface area contributed by atoms with E-state index in [0.29, 0.717) is 10.0 Å². The molecule has 0 bridgehead atoms. The summed E-state index contributed by atoms with van der Waals surface area (Å²) in [6.45, 7) is 3.75. The molecule has 1 aromatic carbocycles. The topological polar surface area (TPSA) is 0 Å². The molecule has 0 unspecified atom stereocenters. The third-order valence-electron chi connectivity index (χ3n) is 1.25. The maximum absolute atomic E-state index is 5.71. The van der Waals surface area contributed by atoms with Crippen molar-refractivity contribution in [3.63, 3.8) is 0 Å². The molecular weight excluding hydrogens is 167 g/mol. The zero-order chi connectivity index (χ0) is 7.72. The molecule has 0 spiro atoms. The quantitative estimate of drug-likeness (QED) is 0.565. The van der Waals surface area contributed by atoms with Crippen molar-refractivity contribution in [2.75, 3.05) is 0 Å². The second-order valence-corrected chi connectivity index (χ2v) is 2.88. The number of hydrogen-bond acceptors (Lipinski definition) is 0. The molecule has 2 radical (unpaired) electrons. The van der Waals surface area contributed by atoms with Crippen LogP contribution >= 0.6 is 23.2 Å². The molecule has 1 rings (SSSR count). The smallest absolute Gasteiger partial charge is 0.0536 e. The molecule has 0 saturated carbocycles. The molecule has 2 heteroatoms. The zero-order valence-corrected chi connectivity index (χ0v) is 7.27. The van der Waals surface area contributed by atoms with Gasteiger partial charge in [0.1, 0.15) is 0 Å². The van der Waals surface area contributed by atoms with E-state index in [1.807, 2.05) is 13.8 Å². The lowest BCUT2D eigenvalue weighted by atomic mass is 10.2. The second kappa shape index (κ2) is 2.81. The summed E-state index contributed by atoms with van der Waals surface area (Å²) in [5.41, 5.74) is 1.78. The molecule has 0 aliphatic heterocycles. The van der Waals surface area contributed by atoms with Crippen LogP contribution < -0.4 is 0 Å². The average molecular weight is 173 g/mol. The Morgan fingerprint density at radius 2 is 1.30 bits per heavy atom. The van der Waals surface area contributed by atoms with E-state index in [-0.39, 0.29) is 0 Å². The summed E-state index contributed by atoms with van der Waals surface area (Å²) in [5.74, 6) is 0. The molecule has 1 aromatic rings. The molecule has 0 nitrogen and oxygen atoms in total. The van der Waals surface area contributed by atoms with Crippen LogP contribution in [0.4, 0.5) is 0 Å². The minimum atomic E-state index is 0.551. The number of aryl methyl sites for hydroxylation is 2. The highest BCUT2D eigenvalue weighted by Gasteiger charge is 2.00. The van der Waals surface area contributed by atoms with Gasteiger partial charge in [-0.1, -0.05) is 23.2 Å². The lowest BCUT2D eigenvalue weighted by Gasteiger charge is -1.99. The minimum absolute atomic E-state index is 0.551. The van der Waals surface area contributed by atoms with Crippen molar-refractivity contribution in [2.45, 2.75) is 13.8 Å². The fraction of sp³-hybridized carbons (Fsp3) is 0.250. The van der Waals surface area contributed by atoms with Crippen molar-refractivity contribution < 1.29 is 0 Å². The summed E-state index contributed by atoms with van der Waals surface area (Å²) in [6, 6.07) is 5.82. The van der Waals surface area contributed by atoms with Crippen molar-refractivity contribution in [3.05, 3.63) is 33.3 Å². The van der Waals surface area contributed by atoms with Crippen molar-refractivity contribution >= 4 is 23.2 Å². The van der Waals surface area contributed by atoms with E-state index in [1.165, 1.54) is 0 Å². The van der Waals surface area contributed by atoms with Crippen LogP contribution in [0.2, 0.25) is 10.0 Å².